The van der Waals surface area contributed by atoms with Gasteiger partial charge in [-0.3, -0.25) is 4.55 Å². The van der Waals surface area contributed by atoms with Gasteiger partial charge in [0.05, 0.1) is 22.9 Å². The molecule has 44 heavy (non-hydrogen) atoms. The van der Waals surface area contributed by atoms with Crippen LogP contribution in [0.2, 0.25) is 0 Å². The molecule has 1 heterocycles. The highest BCUT2D eigenvalue weighted by atomic mass is 32.3. The van der Waals surface area contributed by atoms with Crippen LogP contribution in [0.4, 0.5) is 0 Å². The highest BCUT2D eigenvalue weighted by Crippen LogP contribution is 2.67. The van der Waals surface area contributed by atoms with Gasteiger partial charge in [0.1, 0.15) is 11.5 Å². The van der Waals surface area contributed by atoms with Crippen LogP contribution in [0.5, 0.6) is 11.5 Å². The second-order valence-electron chi connectivity index (χ2n) is 16.8. The van der Waals surface area contributed by atoms with E-state index in [1.807, 2.05) is 0 Å². The quantitative estimate of drug-likeness (QED) is 0.224. The van der Waals surface area contributed by atoms with Crippen molar-refractivity contribution >= 4 is 10.4 Å². The molecule has 4 N–H and O–H groups in total. The number of rotatable bonds is 8. The fourth-order valence-electron chi connectivity index (χ4n) is 11.0. The van der Waals surface area contributed by atoms with Gasteiger partial charge in [-0.05, 0) is 137 Å². The van der Waals surface area contributed by atoms with Gasteiger partial charge in [-0.2, -0.15) is 8.42 Å². The van der Waals surface area contributed by atoms with E-state index < -0.39 is 21.6 Å². The van der Waals surface area contributed by atoms with Gasteiger partial charge >= 0.3 is 10.4 Å². The minimum absolute atomic E-state index is 0.00354. The van der Waals surface area contributed by atoms with E-state index in [1.54, 1.807) is 0 Å². The van der Waals surface area contributed by atoms with Gasteiger partial charge < -0.3 is 24.2 Å². The van der Waals surface area contributed by atoms with Crippen molar-refractivity contribution in [1.29, 1.82) is 0 Å². The van der Waals surface area contributed by atoms with E-state index in [0.29, 0.717) is 30.7 Å². The molecule has 4 unspecified atom stereocenters. The lowest BCUT2D eigenvalue weighted by Gasteiger charge is -2.66. The van der Waals surface area contributed by atoms with Crippen LogP contribution in [0.3, 0.4) is 0 Å². The van der Waals surface area contributed by atoms with Gasteiger partial charge in [-0.15, -0.1) is 0 Å². The lowest BCUT2D eigenvalue weighted by Crippen LogP contribution is -2.64. The number of ether oxygens (including phenoxy) is 1. The zero-order valence-corrected chi connectivity index (χ0v) is 28.7. The fraction of sp³-hybridized carbons (Fsp3) is 0.829. The van der Waals surface area contributed by atoms with Crippen LogP contribution in [-0.2, 0) is 21.6 Å². The van der Waals surface area contributed by atoms with E-state index in [0.717, 1.165) is 57.8 Å². The third-order valence-corrected chi connectivity index (χ3v) is 13.6. The van der Waals surface area contributed by atoms with Crippen LogP contribution in [0.25, 0.3) is 0 Å². The third-order valence-electron chi connectivity index (χ3n) is 13.2. The summed E-state index contributed by atoms with van der Waals surface area (Å²) in [5, 5.41) is 35.4. The molecule has 2 bridgehead atoms. The Labute approximate surface area is 264 Å². The Morgan fingerprint density at radius 1 is 0.977 bits per heavy atom. The Morgan fingerprint density at radius 2 is 1.68 bits per heavy atom. The maximum atomic E-state index is 12.5. The molecule has 250 valence electrons. The second-order valence-corrected chi connectivity index (χ2v) is 17.8. The first kappa shape index (κ1) is 34.0. The van der Waals surface area contributed by atoms with E-state index in [2.05, 4.69) is 52.6 Å². The van der Waals surface area contributed by atoms with E-state index in [4.69, 9.17) is 9.29 Å². The van der Waals surface area contributed by atoms with Crippen molar-refractivity contribution in [3.05, 3.63) is 23.8 Å². The van der Waals surface area contributed by atoms with E-state index >= 15 is 0 Å². The maximum absolute atomic E-state index is 12.5. The number of hydrogen-bond donors (Lipinski definition) is 4. The molecular formula is C35H56O8S. The Morgan fingerprint density at radius 3 is 2.34 bits per heavy atom. The molecule has 8 atom stereocenters. The molecule has 5 fully saturated rings. The average Bonchev–Trinajstić information content (AvgIpc) is 3.00. The summed E-state index contributed by atoms with van der Waals surface area (Å²) in [7, 11) is -4.70. The lowest BCUT2D eigenvalue weighted by molar-refractivity contribution is -0.234. The molecule has 4 saturated carbocycles. The topological polar surface area (TPSA) is 134 Å². The van der Waals surface area contributed by atoms with Gasteiger partial charge in [0.2, 0.25) is 0 Å². The van der Waals surface area contributed by atoms with Crippen molar-refractivity contribution in [2.75, 3.05) is 0 Å². The summed E-state index contributed by atoms with van der Waals surface area (Å²) in [5.74, 6) is 0.287. The smallest absolute Gasteiger partial charge is 0.446 e. The minimum atomic E-state index is -4.70. The van der Waals surface area contributed by atoms with Crippen LogP contribution < -0.4 is 4.18 Å². The molecule has 1 aromatic carbocycles. The van der Waals surface area contributed by atoms with E-state index in [-0.39, 0.29) is 51.3 Å². The second kappa shape index (κ2) is 11.1. The minimum Gasteiger partial charge on any atom is -0.508 e. The Bertz CT molecular complexity index is 1340. The molecule has 0 aromatic heterocycles. The van der Waals surface area contributed by atoms with E-state index in [1.165, 1.54) is 18.2 Å². The maximum Gasteiger partial charge on any atom is 0.446 e. The SMILES string of the molecule is C[C@H]1CC[C@@H]2OC(C)(C)CCC[C@@]2(C)[C@]1(O)CCCC1(C)CC2(O)CCC1C(C)(C)C2Cc1cc(OS(=O)(=O)O)ccc1O. The monoisotopic (exact) mass is 636 g/mol. The zero-order chi connectivity index (χ0) is 32.6. The Balaban J connectivity index is 1.33. The first-order valence-corrected chi connectivity index (χ1v) is 18.1. The molecule has 0 spiro atoms. The average molecular weight is 637 g/mol. The van der Waals surface area contributed by atoms with Gasteiger partial charge in [-0.25, -0.2) is 0 Å². The number of aliphatic hydroxyl groups is 2. The fourth-order valence-corrected chi connectivity index (χ4v) is 11.3. The number of fused-ring (bicyclic) bond motifs is 4. The standard InChI is InChI=1S/C35H56O8S/c1-23-10-13-29-33(7,17-8-15-30(2,3)42-29)35(23,38)18-9-16-32(6)22-34(37)19-14-27(32)31(4,5)28(34)21-24-20-25(11-12-26(24)36)43-44(39,40)41/h11-12,20,23,27-29,36-38H,8-10,13-19,21-22H2,1-7H3,(H,39,40,41)/t23-,27?,28?,29-,32?,33+,34?,35-/m0/s1. The molecule has 1 aliphatic heterocycles. The number of phenols is 1. The van der Waals surface area contributed by atoms with Crippen LogP contribution in [0.15, 0.2) is 18.2 Å². The zero-order valence-electron chi connectivity index (χ0n) is 27.9. The number of aromatic hydroxyl groups is 1. The van der Waals surface area contributed by atoms with Crippen molar-refractivity contribution in [1.82, 2.24) is 0 Å². The van der Waals surface area contributed by atoms with Crippen molar-refractivity contribution in [2.45, 2.75) is 148 Å². The summed E-state index contributed by atoms with van der Waals surface area (Å²) >= 11 is 0. The van der Waals surface area contributed by atoms with Gasteiger partial charge in [0, 0.05) is 5.41 Å². The van der Waals surface area contributed by atoms with Gasteiger partial charge in [-0.1, -0.05) is 41.0 Å². The van der Waals surface area contributed by atoms with Gasteiger partial charge in [0.15, 0.2) is 0 Å². The van der Waals surface area contributed by atoms with Crippen LogP contribution in [0, 0.1) is 34.0 Å². The van der Waals surface area contributed by atoms with Crippen LogP contribution in [0.1, 0.15) is 125 Å². The predicted molar refractivity (Wildman–Crippen MR) is 170 cm³/mol. The first-order chi connectivity index (χ1) is 20.1. The third kappa shape index (κ3) is 5.94. The van der Waals surface area contributed by atoms with Crippen molar-refractivity contribution < 1.29 is 37.2 Å². The van der Waals surface area contributed by atoms with Crippen molar-refractivity contribution in [3.63, 3.8) is 0 Å². The highest BCUT2D eigenvalue weighted by molar-refractivity contribution is 7.81. The summed E-state index contributed by atoms with van der Waals surface area (Å²) in [4.78, 5) is 0. The number of phenolic OH excluding ortho intramolecular Hbond substituents is 1. The predicted octanol–water partition coefficient (Wildman–Crippen LogP) is 7.00. The lowest BCUT2D eigenvalue weighted by atomic mass is 9.40. The molecule has 0 radical (unpaired) electrons. The van der Waals surface area contributed by atoms with Crippen LogP contribution in [-0.4, -0.2) is 51.2 Å². The molecule has 1 saturated heterocycles. The summed E-state index contributed by atoms with van der Waals surface area (Å²) < 4.78 is 43.0. The molecule has 6 rings (SSSR count). The number of hydrogen-bond acceptors (Lipinski definition) is 7. The van der Waals surface area contributed by atoms with E-state index in [9.17, 15) is 23.7 Å². The van der Waals surface area contributed by atoms with Crippen LogP contribution >= 0.6 is 0 Å². The first-order valence-electron chi connectivity index (χ1n) is 16.8. The highest BCUT2D eigenvalue weighted by Gasteiger charge is 2.64. The largest absolute Gasteiger partial charge is 0.508 e. The van der Waals surface area contributed by atoms with Crippen molar-refractivity contribution in [3.8, 4) is 11.5 Å². The Hall–Kier alpha value is -1.39. The Kier molecular flexibility index (Phi) is 8.57. The molecule has 9 heteroatoms. The molecule has 1 aromatic rings. The molecular weight excluding hydrogens is 580 g/mol. The summed E-state index contributed by atoms with van der Waals surface area (Å²) in [6.45, 7) is 15.6. The summed E-state index contributed by atoms with van der Waals surface area (Å²) in [6, 6.07) is 4.09. The molecule has 5 aliphatic rings. The summed E-state index contributed by atoms with van der Waals surface area (Å²) in [6.07, 6.45) is 10.2. The van der Waals surface area contributed by atoms with Gasteiger partial charge in [0.25, 0.3) is 0 Å². The summed E-state index contributed by atoms with van der Waals surface area (Å²) in [5.41, 5.74) is -2.10. The number of benzene rings is 1. The molecule has 0 amide bonds. The molecule has 4 aliphatic carbocycles. The normalized spacial score (nSPS) is 41.5. The molecule has 8 nitrogen and oxygen atoms in total. The van der Waals surface area contributed by atoms with Crippen molar-refractivity contribution in [2.24, 2.45) is 34.0 Å².